The van der Waals surface area contributed by atoms with Gasteiger partial charge in [0.15, 0.2) is 5.82 Å². The van der Waals surface area contributed by atoms with Crippen molar-refractivity contribution in [3.05, 3.63) is 33.9 Å². The topological polar surface area (TPSA) is 58.0 Å². The molecule has 6 heteroatoms. The predicted octanol–water partition coefficient (Wildman–Crippen LogP) is 3.31. The number of nitrogens with one attached hydrogen (secondary N) is 1. The summed E-state index contributed by atoms with van der Waals surface area (Å²) in [4.78, 5) is 8.51. The van der Waals surface area contributed by atoms with Crippen LogP contribution in [0.5, 0.6) is 5.75 Å². The van der Waals surface area contributed by atoms with Crippen LogP contribution in [0.4, 0.5) is 5.82 Å². The van der Waals surface area contributed by atoms with Gasteiger partial charge >= 0.3 is 0 Å². The van der Waals surface area contributed by atoms with Crippen molar-refractivity contribution in [1.29, 1.82) is 0 Å². The van der Waals surface area contributed by atoms with Crippen LogP contribution in [-0.2, 0) is 0 Å². The van der Waals surface area contributed by atoms with E-state index in [0.29, 0.717) is 11.6 Å². The van der Waals surface area contributed by atoms with Gasteiger partial charge in [-0.05, 0) is 34.1 Å². The Kier molecular flexibility index (Phi) is 3.49. The molecule has 4 nitrogen and oxygen atoms in total. The Morgan fingerprint density at radius 3 is 2.82 bits per heavy atom. The fourth-order valence-corrected chi connectivity index (χ4v) is 1.90. The number of phenols is 1. The number of halogens is 2. The summed E-state index contributed by atoms with van der Waals surface area (Å²) in [6, 6.07) is 4.85. The lowest BCUT2D eigenvalue weighted by atomic mass is 10.2. The number of benzene rings is 1. The van der Waals surface area contributed by atoms with Gasteiger partial charge in [-0.3, -0.25) is 0 Å². The van der Waals surface area contributed by atoms with Crippen LogP contribution in [0.1, 0.15) is 0 Å². The van der Waals surface area contributed by atoms with Crippen molar-refractivity contribution in [2.45, 2.75) is 0 Å². The summed E-state index contributed by atoms with van der Waals surface area (Å²) in [5.74, 6) is 1.28. The van der Waals surface area contributed by atoms with E-state index < -0.39 is 0 Å². The van der Waals surface area contributed by atoms with Gasteiger partial charge in [-0.1, -0.05) is 11.6 Å². The Morgan fingerprint density at radius 1 is 1.41 bits per heavy atom. The maximum atomic E-state index is 9.34. The second kappa shape index (κ2) is 4.89. The van der Waals surface area contributed by atoms with E-state index in [4.69, 9.17) is 11.6 Å². The van der Waals surface area contributed by atoms with Crippen LogP contribution < -0.4 is 5.32 Å². The molecule has 0 aliphatic carbocycles. The molecule has 0 fully saturated rings. The summed E-state index contributed by atoms with van der Waals surface area (Å²) < 4.78 is 0.786. The van der Waals surface area contributed by atoms with Crippen LogP contribution in [0.15, 0.2) is 28.9 Å². The first-order valence-electron chi connectivity index (χ1n) is 4.81. The number of aromatic hydroxyl groups is 1. The third-order valence-corrected chi connectivity index (χ3v) is 3.07. The van der Waals surface area contributed by atoms with Gasteiger partial charge in [-0.25, -0.2) is 9.97 Å². The maximum Gasteiger partial charge on any atom is 0.161 e. The molecule has 1 heterocycles. The third kappa shape index (κ3) is 2.50. The van der Waals surface area contributed by atoms with Crippen molar-refractivity contribution in [3.8, 4) is 17.1 Å². The zero-order valence-corrected chi connectivity index (χ0v) is 11.2. The Balaban J connectivity index is 2.49. The Bertz CT molecular complexity index is 562. The van der Waals surface area contributed by atoms with Crippen LogP contribution >= 0.6 is 27.5 Å². The van der Waals surface area contributed by atoms with Crippen LogP contribution in [0.2, 0.25) is 5.02 Å². The minimum Gasteiger partial charge on any atom is -0.506 e. The largest absolute Gasteiger partial charge is 0.506 e. The van der Waals surface area contributed by atoms with Crippen molar-refractivity contribution in [2.24, 2.45) is 0 Å². The number of phenolic OH excluding ortho intramolecular Hbond substituents is 1. The van der Waals surface area contributed by atoms with Gasteiger partial charge in [-0.15, -0.1) is 0 Å². The highest BCUT2D eigenvalue weighted by molar-refractivity contribution is 9.10. The summed E-state index contributed by atoms with van der Waals surface area (Å²) in [6.45, 7) is 0. The monoisotopic (exact) mass is 313 g/mol. The molecule has 1 aromatic carbocycles. The highest BCUT2D eigenvalue weighted by atomic mass is 79.9. The SMILES string of the molecule is CNc1nc(-c2ccc(O)c(Cl)c2)ncc1Br. The molecular weight excluding hydrogens is 305 g/mol. The number of rotatable bonds is 2. The van der Waals surface area contributed by atoms with E-state index in [-0.39, 0.29) is 10.8 Å². The van der Waals surface area contributed by atoms with E-state index >= 15 is 0 Å². The standard InChI is InChI=1S/C11H9BrClN3O/c1-14-11-7(12)5-15-10(16-11)6-2-3-9(17)8(13)4-6/h2-5,17H,1H3,(H,14,15,16). The Hall–Kier alpha value is -1.33. The third-order valence-electron chi connectivity index (χ3n) is 2.19. The van der Waals surface area contributed by atoms with Crippen molar-refractivity contribution >= 4 is 33.3 Å². The van der Waals surface area contributed by atoms with E-state index in [1.165, 1.54) is 6.07 Å². The molecule has 1 aromatic heterocycles. The second-order valence-electron chi connectivity index (χ2n) is 3.31. The van der Waals surface area contributed by atoms with Gasteiger partial charge in [0.25, 0.3) is 0 Å². The zero-order chi connectivity index (χ0) is 12.4. The van der Waals surface area contributed by atoms with Gasteiger partial charge in [0.05, 0.1) is 9.50 Å². The molecular formula is C11H9BrClN3O. The molecule has 2 rings (SSSR count). The van der Waals surface area contributed by atoms with Gasteiger partial charge in [0.1, 0.15) is 11.6 Å². The first-order valence-corrected chi connectivity index (χ1v) is 5.98. The first-order chi connectivity index (χ1) is 8.11. The molecule has 0 radical (unpaired) electrons. The minimum atomic E-state index is 0.0429. The van der Waals surface area contributed by atoms with E-state index in [1.54, 1.807) is 25.4 Å². The van der Waals surface area contributed by atoms with Crippen LogP contribution in [0, 0.1) is 0 Å². The summed E-state index contributed by atoms with van der Waals surface area (Å²) in [5.41, 5.74) is 0.747. The molecule has 0 spiro atoms. The van der Waals surface area contributed by atoms with E-state index in [1.807, 2.05) is 0 Å². The van der Waals surface area contributed by atoms with Gasteiger partial charge in [0, 0.05) is 18.8 Å². The maximum absolute atomic E-state index is 9.34. The lowest BCUT2D eigenvalue weighted by Crippen LogP contribution is -1.97. The van der Waals surface area contributed by atoms with Gasteiger partial charge in [0.2, 0.25) is 0 Å². The molecule has 17 heavy (non-hydrogen) atoms. The van der Waals surface area contributed by atoms with E-state index in [0.717, 1.165) is 10.0 Å². The summed E-state index contributed by atoms with van der Waals surface area (Å²) in [5, 5.41) is 12.6. The summed E-state index contributed by atoms with van der Waals surface area (Å²) in [7, 11) is 1.78. The number of hydrogen-bond donors (Lipinski definition) is 2. The molecule has 2 N–H and O–H groups in total. The van der Waals surface area contributed by atoms with Crippen LogP contribution in [0.3, 0.4) is 0 Å². The average molecular weight is 315 g/mol. The molecule has 2 aromatic rings. The van der Waals surface area contributed by atoms with Crippen LogP contribution in [-0.4, -0.2) is 22.1 Å². The quantitative estimate of drug-likeness (QED) is 0.893. The van der Waals surface area contributed by atoms with Crippen LogP contribution in [0.25, 0.3) is 11.4 Å². The second-order valence-corrected chi connectivity index (χ2v) is 4.57. The van der Waals surface area contributed by atoms with Crippen molar-refractivity contribution in [3.63, 3.8) is 0 Å². The molecule has 88 valence electrons. The number of aromatic nitrogens is 2. The molecule has 0 saturated carbocycles. The first kappa shape index (κ1) is 12.1. The molecule has 0 amide bonds. The molecule has 0 unspecified atom stereocenters. The molecule has 0 bridgehead atoms. The smallest absolute Gasteiger partial charge is 0.161 e. The molecule has 0 aliphatic rings. The lowest BCUT2D eigenvalue weighted by molar-refractivity contribution is 0.475. The van der Waals surface area contributed by atoms with Crippen molar-refractivity contribution < 1.29 is 5.11 Å². The number of hydrogen-bond acceptors (Lipinski definition) is 4. The fraction of sp³-hybridized carbons (Fsp3) is 0.0909. The van der Waals surface area contributed by atoms with E-state index in [2.05, 4.69) is 31.2 Å². The predicted molar refractivity (Wildman–Crippen MR) is 71.4 cm³/mol. The number of anilines is 1. The number of nitrogens with zero attached hydrogens (tertiary/aromatic N) is 2. The molecule has 0 saturated heterocycles. The summed E-state index contributed by atoms with van der Waals surface area (Å²) >= 11 is 9.17. The molecule has 0 aliphatic heterocycles. The Labute approximate surface area is 112 Å². The normalized spacial score (nSPS) is 10.3. The minimum absolute atomic E-state index is 0.0429. The van der Waals surface area contributed by atoms with Crippen molar-refractivity contribution in [1.82, 2.24) is 9.97 Å². The van der Waals surface area contributed by atoms with E-state index in [9.17, 15) is 5.11 Å². The average Bonchev–Trinajstić information content (AvgIpc) is 2.33. The Morgan fingerprint density at radius 2 is 2.18 bits per heavy atom. The lowest BCUT2D eigenvalue weighted by Gasteiger charge is -2.06. The fourth-order valence-electron chi connectivity index (χ4n) is 1.33. The van der Waals surface area contributed by atoms with Gasteiger partial charge < -0.3 is 10.4 Å². The molecule has 0 atom stereocenters. The van der Waals surface area contributed by atoms with Crippen molar-refractivity contribution in [2.75, 3.05) is 12.4 Å². The zero-order valence-electron chi connectivity index (χ0n) is 8.91. The van der Waals surface area contributed by atoms with Gasteiger partial charge in [-0.2, -0.15) is 0 Å². The summed E-state index contributed by atoms with van der Waals surface area (Å²) in [6.07, 6.45) is 1.66. The highest BCUT2D eigenvalue weighted by Gasteiger charge is 2.07. The highest BCUT2D eigenvalue weighted by Crippen LogP contribution is 2.29.